The van der Waals surface area contributed by atoms with Crippen molar-refractivity contribution in [3.05, 3.63) is 35.5 Å². The van der Waals surface area contributed by atoms with Crippen molar-refractivity contribution in [1.29, 1.82) is 5.26 Å². The molecule has 1 aliphatic heterocycles. The Balaban J connectivity index is 2.14. The maximum atomic E-state index is 12.0. The molecule has 1 aromatic heterocycles. The molecule has 0 bridgehead atoms. The van der Waals surface area contributed by atoms with Crippen LogP contribution < -0.4 is 4.90 Å². The Labute approximate surface area is 115 Å². The van der Waals surface area contributed by atoms with Crippen molar-refractivity contribution in [1.82, 2.24) is 4.98 Å². The first-order valence-electron chi connectivity index (χ1n) is 5.94. The van der Waals surface area contributed by atoms with Crippen molar-refractivity contribution in [2.24, 2.45) is 5.92 Å². The van der Waals surface area contributed by atoms with Crippen LogP contribution >= 0.6 is 11.6 Å². The van der Waals surface area contributed by atoms with Gasteiger partial charge in [-0.25, -0.2) is 0 Å². The van der Waals surface area contributed by atoms with Gasteiger partial charge in [-0.1, -0.05) is 11.6 Å². The van der Waals surface area contributed by atoms with Crippen LogP contribution in [-0.4, -0.2) is 17.4 Å². The second-order valence-electron chi connectivity index (χ2n) is 4.50. The van der Waals surface area contributed by atoms with Gasteiger partial charge in [-0.3, -0.25) is 9.78 Å². The molecule has 1 amide bonds. The van der Waals surface area contributed by atoms with Gasteiger partial charge in [0.15, 0.2) is 0 Å². The van der Waals surface area contributed by atoms with Crippen LogP contribution in [-0.2, 0) is 4.79 Å². The van der Waals surface area contributed by atoms with Crippen molar-refractivity contribution in [3.8, 4) is 6.07 Å². The molecule has 3 rings (SSSR count). The van der Waals surface area contributed by atoms with Crippen LogP contribution in [0, 0.1) is 17.2 Å². The molecule has 0 saturated carbocycles. The van der Waals surface area contributed by atoms with Gasteiger partial charge in [-0.15, -0.1) is 0 Å². The van der Waals surface area contributed by atoms with Gasteiger partial charge in [-0.05, 0) is 24.3 Å². The van der Waals surface area contributed by atoms with Crippen molar-refractivity contribution < 1.29 is 4.79 Å². The molecular formula is C14H10ClN3O. The third-order valence-corrected chi connectivity index (χ3v) is 3.62. The normalized spacial score (nSPS) is 18.8. The standard InChI is InChI=1S/C14H10ClN3O/c15-11-3-4-12(14-10(11)2-1-5-17-14)18-8-9(7-16)6-13(18)19/h1-5,9H,6,8H2. The molecule has 4 nitrogen and oxygen atoms in total. The van der Waals surface area contributed by atoms with E-state index in [1.165, 1.54) is 0 Å². The molecule has 1 aliphatic rings. The second-order valence-corrected chi connectivity index (χ2v) is 4.91. The first kappa shape index (κ1) is 11.9. The van der Waals surface area contributed by atoms with E-state index in [9.17, 15) is 4.79 Å². The van der Waals surface area contributed by atoms with Crippen LogP contribution in [0.2, 0.25) is 5.02 Å². The Morgan fingerprint density at radius 2 is 2.26 bits per heavy atom. The Morgan fingerprint density at radius 1 is 1.42 bits per heavy atom. The number of anilines is 1. The van der Waals surface area contributed by atoms with E-state index in [4.69, 9.17) is 16.9 Å². The number of hydrogen-bond acceptors (Lipinski definition) is 3. The van der Waals surface area contributed by atoms with E-state index in [0.29, 0.717) is 17.1 Å². The zero-order chi connectivity index (χ0) is 13.4. The number of benzene rings is 1. The summed E-state index contributed by atoms with van der Waals surface area (Å²) in [7, 11) is 0. The molecule has 0 spiro atoms. The number of hydrogen-bond donors (Lipinski definition) is 0. The number of nitrogens with zero attached hydrogens (tertiary/aromatic N) is 3. The highest BCUT2D eigenvalue weighted by Crippen LogP contribution is 2.33. The first-order chi connectivity index (χ1) is 9.20. The topological polar surface area (TPSA) is 57.0 Å². The third kappa shape index (κ3) is 1.92. The number of halogens is 1. The summed E-state index contributed by atoms with van der Waals surface area (Å²) in [4.78, 5) is 17.9. The van der Waals surface area contributed by atoms with Gasteiger partial charge in [0.05, 0.1) is 28.2 Å². The van der Waals surface area contributed by atoms with Crippen LogP contribution in [0.1, 0.15) is 6.42 Å². The maximum Gasteiger partial charge on any atom is 0.228 e. The number of pyridine rings is 1. The van der Waals surface area contributed by atoms with Crippen LogP contribution in [0.15, 0.2) is 30.5 Å². The minimum atomic E-state index is -0.248. The summed E-state index contributed by atoms with van der Waals surface area (Å²) in [6.07, 6.45) is 1.94. The largest absolute Gasteiger partial charge is 0.309 e. The first-order valence-corrected chi connectivity index (χ1v) is 6.31. The van der Waals surface area contributed by atoms with Gasteiger partial charge < -0.3 is 4.90 Å². The fraction of sp³-hybridized carbons (Fsp3) is 0.214. The molecule has 2 heterocycles. The molecule has 1 aromatic carbocycles. The lowest BCUT2D eigenvalue weighted by molar-refractivity contribution is -0.117. The molecule has 19 heavy (non-hydrogen) atoms. The van der Waals surface area contributed by atoms with Gasteiger partial charge >= 0.3 is 0 Å². The highest BCUT2D eigenvalue weighted by molar-refractivity contribution is 6.36. The van der Waals surface area contributed by atoms with E-state index in [1.54, 1.807) is 23.2 Å². The van der Waals surface area contributed by atoms with E-state index in [1.807, 2.05) is 12.1 Å². The molecule has 1 atom stereocenters. The number of carbonyl (C=O) groups excluding carboxylic acids is 1. The maximum absolute atomic E-state index is 12.0. The number of fused-ring (bicyclic) bond motifs is 1. The van der Waals surface area contributed by atoms with Crippen molar-refractivity contribution in [3.63, 3.8) is 0 Å². The molecule has 2 aromatic rings. The van der Waals surface area contributed by atoms with Gasteiger partial charge in [0.1, 0.15) is 0 Å². The molecule has 0 radical (unpaired) electrons. The zero-order valence-electron chi connectivity index (χ0n) is 10.0. The quantitative estimate of drug-likeness (QED) is 0.801. The van der Waals surface area contributed by atoms with Gasteiger partial charge in [0, 0.05) is 24.5 Å². The number of carbonyl (C=O) groups is 1. The molecule has 1 fully saturated rings. The van der Waals surface area contributed by atoms with Crippen molar-refractivity contribution >= 4 is 34.1 Å². The number of rotatable bonds is 1. The van der Waals surface area contributed by atoms with Crippen LogP contribution in [0.5, 0.6) is 0 Å². The molecule has 1 saturated heterocycles. The summed E-state index contributed by atoms with van der Waals surface area (Å²) in [5, 5.41) is 10.4. The monoisotopic (exact) mass is 271 g/mol. The molecule has 1 unspecified atom stereocenters. The van der Waals surface area contributed by atoms with Crippen molar-refractivity contribution in [2.75, 3.05) is 11.4 Å². The smallest absolute Gasteiger partial charge is 0.228 e. The van der Waals surface area contributed by atoms with Crippen molar-refractivity contribution in [2.45, 2.75) is 6.42 Å². The van der Waals surface area contributed by atoms with Gasteiger partial charge in [0.2, 0.25) is 5.91 Å². The summed E-state index contributed by atoms with van der Waals surface area (Å²) in [5.41, 5.74) is 1.42. The fourth-order valence-electron chi connectivity index (χ4n) is 2.37. The zero-order valence-corrected chi connectivity index (χ0v) is 10.8. The van der Waals surface area contributed by atoms with E-state index in [0.717, 1.165) is 11.1 Å². The SMILES string of the molecule is N#CC1CC(=O)N(c2ccc(Cl)c3cccnc23)C1. The Kier molecular flexibility index (Phi) is 2.84. The third-order valence-electron chi connectivity index (χ3n) is 3.29. The summed E-state index contributed by atoms with van der Waals surface area (Å²) in [6, 6.07) is 9.37. The summed E-state index contributed by atoms with van der Waals surface area (Å²) in [6.45, 7) is 0.419. The number of aromatic nitrogens is 1. The minimum absolute atomic E-state index is 0.0409. The summed E-state index contributed by atoms with van der Waals surface area (Å²) >= 11 is 6.13. The molecule has 0 N–H and O–H groups in total. The van der Waals surface area contributed by atoms with Crippen LogP contribution in [0.3, 0.4) is 0 Å². The Hall–Kier alpha value is -2.12. The van der Waals surface area contributed by atoms with Gasteiger partial charge in [-0.2, -0.15) is 5.26 Å². The predicted octanol–water partition coefficient (Wildman–Crippen LogP) is 2.76. The lowest BCUT2D eigenvalue weighted by Crippen LogP contribution is -2.24. The molecule has 5 heteroatoms. The summed E-state index contributed by atoms with van der Waals surface area (Å²) < 4.78 is 0. The van der Waals surface area contributed by atoms with E-state index < -0.39 is 0 Å². The summed E-state index contributed by atoms with van der Waals surface area (Å²) in [5.74, 6) is -0.289. The Morgan fingerprint density at radius 3 is 3.00 bits per heavy atom. The minimum Gasteiger partial charge on any atom is -0.309 e. The number of amides is 1. The van der Waals surface area contributed by atoms with Crippen LogP contribution in [0.4, 0.5) is 5.69 Å². The fourth-order valence-corrected chi connectivity index (χ4v) is 2.58. The van der Waals surface area contributed by atoms with E-state index in [-0.39, 0.29) is 18.2 Å². The average molecular weight is 272 g/mol. The molecular weight excluding hydrogens is 262 g/mol. The number of nitriles is 1. The highest BCUT2D eigenvalue weighted by Gasteiger charge is 2.31. The Bertz CT molecular complexity index is 707. The lowest BCUT2D eigenvalue weighted by atomic mass is 10.1. The predicted molar refractivity (Wildman–Crippen MR) is 72.8 cm³/mol. The highest BCUT2D eigenvalue weighted by atomic mass is 35.5. The van der Waals surface area contributed by atoms with E-state index in [2.05, 4.69) is 11.1 Å². The average Bonchev–Trinajstić information content (AvgIpc) is 2.81. The molecule has 0 aliphatic carbocycles. The second kappa shape index (κ2) is 4.52. The van der Waals surface area contributed by atoms with E-state index >= 15 is 0 Å². The van der Waals surface area contributed by atoms with Gasteiger partial charge in [0.25, 0.3) is 0 Å². The lowest BCUT2D eigenvalue weighted by Gasteiger charge is -2.17. The van der Waals surface area contributed by atoms with Crippen LogP contribution in [0.25, 0.3) is 10.9 Å². The molecule has 94 valence electrons.